The summed E-state index contributed by atoms with van der Waals surface area (Å²) in [5.41, 5.74) is 2.31. The molecule has 0 spiro atoms. The molecular weight excluding hydrogens is 365 g/mol. The van der Waals surface area contributed by atoms with E-state index >= 15 is 0 Å². The summed E-state index contributed by atoms with van der Waals surface area (Å²) in [6, 6.07) is 7.20. The first-order valence-electron chi connectivity index (χ1n) is 7.79. The molecule has 1 aromatic carbocycles. The summed E-state index contributed by atoms with van der Waals surface area (Å²) < 4.78 is 5.48. The van der Waals surface area contributed by atoms with Crippen LogP contribution in [0.15, 0.2) is 34.2 Å². The smallest absolute Gasteiger partial charge is 0.186 e. The van der Waals surface area contributed by atoms with E-state index in [-0.39, 0.29) is 0 Å². The fraction of sp³-hybridized carbons (Fsp3) is 0.294. The van der Waals surface area contributed by atoms with E-state index < -0.39 is 0 Å². The van der Waals surface area contributed by atoms with Crippen molar-refractivity contribution in [3.63, 3.8) is 0 Å². The lowest BCUT2D eigenvalue weighted by molar-refractivity contribution is 0.433. The van der Waals surface area contributed by atoms with E-state index in [1.807, 2.05) is 17.5 Å². The maximum Gasteiger partial charge on any atom is 0.186 e. The van der Waals surface area contributed by atoms with Crippen LogP contribution in [-0.4, -0.2) is 23.2 Å². The SMILES string of the molecule is Clc1ccc(-c2cc(-c3csc(C4CCNCC4)n3)on2)c(Cl)c1. The van der Waals surface area contributed by atoms with Crippen LogP contribution in [0.25, 0.3) is 22.7 Å². The molecule has 2 aromatic heterocycles. The average molecular weight is 380 g/mol. The normalized spacial score (nSPS) is 15.8. The van der Waals surface area contributed by atoms with Gasteiger partial charge in [-0.25, -0.2) is 4.98 Å². The van der Waals surface area contributed by atoms with Crippen LogP contribution in [0.4, 0.5) is 0 Å². The summed E-state index contributed by atoms with van der Waals surface area (Å²) >= 11 is 13.9. The Hall–Kier alpha value is -1.40. The van der Waals surface area contributed by atoms with E-state index in [0.29, 0.717) is 27.4 Å². The van der Waals surface area contributed by atoms with E-state index in [2.05, 4.69) is 10.5 Å². The van der Waals surface area contributed by atoms with E-state index in [1.54, 1.807) is 23.5 Å². The Labute approximate surface area is 153 Å². The van der Waals surface area contributed by atoms with Crippen LogP contribution in [0.2, 0.25) is 10.0 Å². The van der Waals surface area contributed by atoms with Gasteiger partial charge in [0.15, 0.2) is 5.76 Å². The van der Waals surface area contributed by atoms with Gasteiger partial charge in [0, 0.05) is 28.0 Å². The molecule has 124 valence electrons. The van der Waals surface area contributed by atoms with Crippen LogP contribution in [0.3, 0.4) is 0 Å². The molecule has 0 aliphatic carbocycles. The zero-order valence-corrected chi connectivity index (χ0v) is 15.1. The minimum absolute atomic E-state index is 0.540. The van der Waals surface area contributed by atoms with Crippen molar-refractivity contribution in [2.75, 3.05) is 13.1 Å². The number of halogens is 2. The molecule has 3 aromatic rings. The molecule has 7 heteroatoms. The second-order valence-electron chi connectivity index (χ2n) is 5.80. The molecule has 0 atom stereocenters. The summed E-state index contributed by atoms with van der Waals surface area (Å²) in [4.78, 5) is 4.75. The Morgan fingerprint density at radius 3 is 2.75 bits per heavy atom. The average Bonchev–Trinajstić information content (AvgIpc) is 3.25. The largest absolute Gasteiger partial charge is 0.354 e. The summed E-state index contributed by atoms with van der Waals surface area (Å²) in [6.45, 7) is 2.11. The third kappa shape index (κ3) is 3.22. The number of rotatable bonds is 3. The van der Waals surface area contributed by atoms with Crippen LogP contribution < -0.4 is 5.32 Å². The minimum atomic E-state index is 0.540. The number of piperidine rings is 1. The fourth-order valence-electron chi connectivity index (χ4n) is 2.88. The molecule has 0 radical (unpaired) electrons. The summed E-state index contributed by atoms with van der Waals surface area (Å²) in [7, 11) is 0. The summed E-state index contributed by atoms with van der Waals surface area (Å²) in [5, 5.41) is 11.9. The molecule has 1 saturated heterocycles. The van der Waals surface area contributed by atoms with Crippen molar-refractivity contribution in [2.24, 2.45) is 0 Å². The van der Waals surface area contributed by atoms with Crippen molar-refractivity contribution in [1.82, 2.24) is 15.5 Å². The van der Waals surface area contributed by atoms with Crippen molar-refractivity contribution in [1.29, 1.82) is 0 Å². The first-order chi connectivity index (χ1) is 11.7. The van der Waals surface area contributed by atoms with Gasteiger partial charge in [-0.15, -0.1) is 11.3 Å². The Morgan fingerprint density at radius 1 is 1.12 bits per heavy atom. The monoisotopic (exact) mass is 379 g/mol. The van der Waals surface area contributed by atoms with Crippen molar-refractivity contribution in [2.45, 2.75) is 18.8 Å². The fourth-order valence-corrected chi connectivity index (χ4v) is 4.36. The highest BCUT2D eigenvalue weighted by Gasteiger charge is 2.20. The van der Waals surface area contributed by atoms with Crippen LogP contribution in [-0.2, 0) is 0 Å². The Balaban J connectivity index is 1.59. The van der Waals surface area contributed by atoms with Crippen molar-refractivity contribution in [3.05, 3.63) is 44.7 Å². The second-order valence-corrected chi connectivity index (χ2v) is 7.53. The van der Waals surface area contributed by atoms with Gasteiger partial charge < -0.3 is 9.84 Å². The highest BCUT2D eigenvalue weighted by molar-refractivity contribution is 7.10. The Kier molecular flexibility index (Phi) is 4.59. The van der Waals surface area contributed by atoms with Gasteiger partial charge in [-0.1, -0.05) is 28.4 Å². The van der Waals surface area contributed by atoms with Crippen molar-refractivity contribution < 1.29 is 4.52 Å². The van der Waals surface area contributed by atoms with Gasteiger partial charge in [-0.05, 0) is 44.1 Å². The second kappa shape index (κ2) is 6.84. The van der Waals surface area contributed by atoms with Gasteiger partial charge in [-0.3, -0.25) is 0 Å². The van der Waals surface area contributed by atoms with E-state index in [0.717, 1.165) is 37.2 Å². The zero-order valence-electron chi connectivity index (χ0n) is 12.8. The molecule has 0 amide bonds. The van der Waals surface area contributed by atoms with E-state index in [4.69, 9.17) is 32.7 Å². The topological polar surface area (TPSA) is 51.0 Å². The predicted octanol–water partition coefficient (Wildman–Crippen LogP) is 5.24. The summed E-state index contributed by atoms with van der Waals surface area (Å²) in [5.74, 6) is 1.20. The number of aromatic nitrogens is 2. The quantitative estimate of drug-likeness (QED) is 0.675. The lowest BCUT2D eigenvalue weighted by Crippen LogP contribution is -2.26. The Bertz CT molecular complexity index is 855. The lowest BCUT2D eigenvalue weighted by atomic mass is 9.99. The molecule has 1 aliphatic rings. The highest BCUT2D eigenvalue weighted by Crippen LogP contribution is 2.34. The highest BCUT2D eigenvalue weighted by atomic mass is 35.5. The van der Waals surface area contributed by atoms with Crippen LogP contribution in [0.5, 0.6) is 0 Å². The van der Waals surface area contributed by atoms with Crippen LogP contribution >= 0.6 is 34.5 Å². The number of benzene rings is 1. The zero-order chi connectivity index (χ0) is 16.5. The number of nitrogens with zero attached hydrogens (tertiary/aromatic N) is 2. The molecule has 3 heterocycles. The van der Waals surface area contributed by atoms with Gasteiger partial charge >= 0.3 is 0 Å². The molecule has 4 nitrogen and oxygen atoms in total. The molecule has 1 aliphatic heterocycles. The molecular formula is C17H15Cl2N3OS. The van der Waals surface area contributed by atoms with Gasteiger partial charge in [0.2, 0.25) is 0 Å². The third-order valence-corrected chi connectivity index (χ3v) is 5.74. The molecule has 24 heavy (non-hydrogen) atoms. The van der Waals surface area contributed by atoms with Gasteiger partial charge in [-0.2, -0.15) is 0 Å². The molecule has 1 fully saturated rings. The Morgan fingerprint density at radius 2 is 1.96 bits per heavy atom. The summed E-state index contributed by atoms with van der Waals surface area (Å²) in [6.07, 6.45) is 2.27. The molecule has 0 bridgehead atoms. The molecule has 0 saturated carbocycles. The number of nitrogens with one attached hydrogen (secondary N) is 1. The number of hydrogen-bond donors (Lipinski definition) is 1. The van der Waals surface area contributed by atoms with Gasteiger partial charge in [0.05, 0.1) is 10.0 Å². The first kappa shape index (κ1) is 16.1. The molecule has 1 N–H and O–H groups in total. The molecule has 4 rings (SSSR count). The molecule has 0 unspecified atom stereocenters. The predicted molar refractivity (Wildman–Crippen MR) is 97.9 cm³/mol. The van der Waals surface area contributed by atoms with E-state index in [9.17, 15) is 0 Å². The number of hydrogen-bond acceptors (Lipinski definition) is 5. The van der Waals surface area contributed by atoms with Crippen molar-refractivity contribution in [3.8, 4) is 22.7 Å². The van der Waals surface area contributed by atoms with Crippen molar-refractivity contribution >= 4 is 34.5 Å². The minimum Gasteiger partial charge on any atom is -0.354 e. The maximum atomic E-state index is 6.24. The standard InChI is InChI=1S/C17H15Cl2N3OS/c18-11-1-2-12(13(19)7-11)14-8-16(23-22-14)15-9-24-17(21-15)10-3-5-20-6-4-10/h1-2,7-10,20H,3-6H2. The van der Waals surface area contributed by atoms with Gasteiger partial charge in [0.1, 0.15) is 11.4 Å². The number of thiazole rings is 1. The van der Waals surface area contributed by atoms with E-state index in [1.165, 1.54) is 5.01 Å². The lowest BCUT2D eigenvalue weighted by Gasteiger charge is -2.20. The van der Waals surface area contributed by atoms with Crippen LogP contribution in [0, 0.1) is 0 Å². The van der Waals surface area contributed by atoms with Gasteiger partial charge in [0.25, 0.3) is 0 Å². The maximum absolute atomic E-state index is 6.24. The first-order valence-corrected chi connectivity index (χ1v) is 9.43. The van der Waals surface area contributed by atoms with Crippen LogP contribution in [0.1, 0.15) is 23.8 Å². The third-order valence-electron chi connectivity index (χ3n) is 4.18.